The van der Waals surface area contributed by atoms with Gasteiger partial charge in [-0.15, -0.1) is 11.3 Å². The van der Waals surface area contributed by atoms with Gasteiger partial charge < -0.3 is 4.98 Å². The van der Waals surface area contributed by atoms with Crippen LogP contribution in [-0.2, 0) is 0 Å². The lowest BCUT2D eigenvalue weighted by Crippen LogP contribution is -2.09. The van der Waals surface area contributed by atoms with E-state index in [1.165, 1.54) is 23.1 Å². The zero-order valence-electron chi connectivity index (χ0n) is 10.3. The highest BCUT2D eigenvalue weighted by atomic mass is 32.2. The second-order valence-electron chi connectivity index (χ2n) is 4.09. The number of aromatic amines is 1. The summed E-state index contributed by atoms with van der Waals surface area (Å²) in [6.07, 6.45) is 0. The Labute approximate surface area is 122 Å². The van der Waals surface area contributed by atoms with Crippen LogP contribution in [0.3, 0.4) is 0 Å². The smallest absolute Gasteiger partial charge is 0.260 e. The maximum absolute atomic E-state index is 12.0. The van der Waals surface area contributed by atoms with Crippen molar-refractivity contribution in [3.8, 4) is 0 Å². The predicted molar refractivity (Wildman–Crippen MR) is 81.7 cm³/mol. The molecule has 0 amide bonds. The topological polar surface area (TPSA) is 62.8 Å². The summed E-state index contributed by atoms with van der Waals surface area (Å²) >= 11 is 2.66. The van der Waals surface area contributed by atoms with Crippen LogP contribution in [0, 0.1) is 0 Å². The molecule has 3 aromatic rings. The highest BCUT2D eigenvalue weighted by Crippen LogP contribution is 2.19. The molecule has 4 nitrogen and oxygen atoms in total. The zero-order chi connectivity index (χ0) is 13.9. The Morgan fingerprint density at radius 2 is 2.05 bits per heavy atom. The van der Waals surface area contributed by atoms with E-state index < -0.39 is 0 Å². The van der Waals surface area contributed by atoms with Crippen molar-refractivity contribution in [1.29, 1.82) is 0 Å². The lowest BCUT2D eigenvalue weighted by molar-refractivity contribution is 0.102. The van der Waals surface area contributed by atoms with Crippen molar-refractivity contribution in [2.45, 2.75) is 5.16 Å². The minimum absolute atomic E-state index is 0.0181. The number of nitrogens with one attached hydrogen (secondary N) is 1. The molecule has 0 saturated heterocycles. The molecule has 0 radical (unpaired) electrons. The number of fused-ring (bicyclic) bond motifs is 1. The van der Waals surface area contributed by atoms with Gasteiger partial charge in [-0.25, -0.2) is 4.98 Å². The number of benzene rings is 1. The summed E-state index contributed by atoms with van der Waals surface area (Å²) < 4.78 is 0. The molecule has 20 heavy (non-hydrogen) atoms. The molecule has 0 unspecified atom stereocenters. The average Bonchev–Trinajstić information content (AvgIpc) is 2.94. The van der Waals surface area contributed by atoms with E-state index in [9.17, 15) is 9.59 Å². The van der Waals surface area contributed by atoms with Gasteiger partial charge in [-0.05, 0) is 11.4 Å². The standard InChI is InChI=1S/C14H10N2O2S2/c17-11(9-4-2-1-3-5-9)8-20-14-15-12(18)10-6-7-19-13(10)16-14/h1-7H,8H2,(H,15,16,18). The Morgan fingerprint density at radius 1 is 1.25 bits per heavy atom. The van der Waals surface area contributed by atoms with Crippen molar-refractivity contribution in [2.75, 3.05) is 5.75 Å². The number of hydrogen-bond donors (Lipinski definition) is 1. The van der Waals surface area contributed by atoms with Gasteiger partial charge in [0, 0.05) is 5.56 Å². The van der Waals surface area contributed by atoms with Gasteiger partial charge >= 0.3 is 0 Å². The Bertz CT molecular complexity index is 809. The monoisotopic (exact) mass is 302 g/mol. The summed E-state index contributed by atoms with van der Waals surface area (Å²) in [6.45, 7) is 0. The number of Topliss-reactive ketones (excluding diaryl/α,β-unsaturated/α-hetero) is 1. The van der Waals surface area contributed by atoms with Crippen LogP contribution in [-0.4, -0.2) is 21.5 Å². The molecular formula is C14H10N2O2S2. The number of carbonyl (C=O) groups is 1. The fraction of sp³-hybridized carbons (Fsp3) is 0.0714. The number of carbonyl (C=O) groups excluding carboxylic acids is 1. The summed E-state index contributed by atoms with van der Waals surface area (Å²) in [5, 5.41) is 2.90. The van der Waals surface area contributed by atoms with Crippen LogP contribution >= 0.6 is 23.1 Å². The first-order chi connectivity index (χ1) is 9.74. The molecule has 3 rings (SSSR count). The van der Waals surface area contributed by atoms with E-state index in [4.69, 9.17) is 0 Å². The number of rotatable bonds is 4. The van der Waals surface area contributed by atoms with Gasteiger partial charge in [-0.2, -0.15) is 0 Å². The molecule has 0 spiro atoms. The van der Waals surface area contributed by atoms with Crippen LogP contribution in [0.25, 0.3) is 10.2 Å². The number of H-pyrrole nitrogens is 1. The molecule has 1 aromatic carbocycles. The quantitative estimate of drug-likeness (QED) is 0.457. The Morgan fingerprint density at radius 3 is 2.85 bits per heavy atom. The molecule has 0 aliphatic rings. The van der Waals surface area contributed by atoms with Gasteiger partial charge in [0.05, 0.1) is 11.1 Å². The van der Waals surface area contributed by atoms with E-state index in [-0.39, 0.29) is 17.1 Å². The molecule has 0 atom stereocenters. The molecule has 100 valence electrons. The van der Waals surface area contributed by atoms with Crippen molar-refractivity contribution < 1.29 is 4.79 Å². The third-order valence-electron chi connectivity index (χ3n) is 2.75. The number of hydrogen-bond acceptors (Lipinski definition) is 5. The highest BCUT2D eigenvalue weighted by molar-refractivity contribution is 7.99. The van der Waals surface area contributed by atoms with Gasteiger partial charge in [0.15, 0.2) is 10.9 Å². The molecule has 0 fully saturated rings. The summed E-state index contributed by atoms with van der Waals surface area (Å²) in [4.78, 5) is 31.5. The fourth-order valence-electron chi connectivity index (χ4n) is 1.75. The zero-order valence-corrected chi connectivity index (χ0v) is 12.0. The van der Waals surface area contributed by atoms with Gasteiger partial charge in [-0.1, -0.05) is 42.1 Å². The van der Waals surface area contributed by atoms with Crippen LogP contribution in [0.15, 0.2) is 51.7 Å². The van der Waals surface area contributed by atoms with E-state index in [0.717, 1.165) is 0 Å². The number of thiophene rings is 1. The van der Waals surface area contributed by atoms with Gasteiger partial charge in [0.25, 0.3) is 5.56 Å². The van der Waals surface area contributed by atoms with Gasteiger partial charge in [-0.3, -0.25) is 9.59 Å². The van der Waals surface area contributed by atoms with Crippen molar-refractivity contribution >= 4 is 39.1 Å². The maximum Gasteiger partial charge on any atom is 0.260 e. The largest absolute Gasteiger partial charge is 0.301 e. The SMILES string of the molecule is O=C(CSc1nc2sccc2c(=O)[nH]1)c1ccccc1. The lowest BCUT2D eigenvalue weighted by Gasteiger charge is -2.01. The number of thioether (sulfide) groups is 1. The molecular weight excluding hydrogens is 292 g/mol. The second kappa shape index (κ2) is 5.60. The Kier molecular flexibility index (Phi) is 3.66. The number of aromatic nitrogens is 2. The molecule has 0 aliphatic heterocycles. The average molecular weight is 302 g/mol. The molecule has 0 bridgehead atoms. The van der Waals surface area contributed by atoms with Crippen LogP contribution in [0.5, 0.6) is 0 Å². The van der Waals surface area contributed by atoms with E-state index >= 15 is 0 Å². The summed E-state index contributed by atoms with van der Waals surface area (Å²) in [5.41, 5.74) is 0.505. The number of ketones is 1. The summed E-state index contributed by atoms with van der Waals surface area (Å²) in [6, 6.07) is 10.8. The van der Waals surface area contributed by atoms with E-state index in [1.54, 1.807) is 18.2 Å². The first-order valence-corrected chi connectivity index (χ1v) is 7.79. The van der Waals surface area contributed by atoms with Gasteiger partial charge in [0.1, 0.15) is 4.83 Å². The van der Waals surface area contributed by atoms with Crippen LogP contribution < -0.4 is 5.56 Å². The van der Waals surface area contributed by atoms with Crippen molar-refractivity contribution in [2.24, 2.45) is 0 Å². The van der Waals surface area contributed by atoms with Crippen molar-refractivity contribution in [1.82, 2.24) is 9.97 Å². The minimum atomic E-state index is -0.161. The maximum atomic E-state index is 12.0. The lowest BCUT2D eigenvalue weighted by atomic mass is 10.2. The number of nitrogens with zero attached hydrogens (tertiary/aromatic N) is 1. The van der Waals surface area contributed by atoms with Crippen LogP contribution in [0.1, 0.15) is 10.4 Å². The Balaban J connectivity index is 1.77. The van der Waals surface area contributed by atoms with E-state index in [2.05, 4.69) is 9.97 Å². The third kappa shape index (κ3) is 2.66. The second-order valence-corrected chi connectivity index (χ2v) is 5.95. The minimum Gasteiger partial charge on any atom is -0.301 e. The molecule has 2 aromatic heterocycles. The van der Waals surface area contributed by atoms with Crippen molar-refractivity contribution in [3.05, 3.63) is 57.7 Å². The van der Waals surface area contributed by atoms with E-state index in [0.29, 0.717) is 20.9 Å². The first kappa shape index (κ1) is 13.1. The summed E-state index contributed by atoms with van der Waals surface area (Å²) in [5.74, 6) is 0.272. The fourth-order valence-corrected chi connectivity index (χ4v) is 3.33. The van der Waals surface area contributed by atoms with Crippen LogP contribution in [0.4, 0.5) is 0 Å². The predicted octanol–water partition coefficient (Wildman–Crippen LogP) is 2.96. The third-order valence-corrected chi connectivity index (χ3v) is 4.43. The Hall–Kier alpha value is -1.92. The highest BCUT2D eigenvalue weighted by Gasteiger charge is 2.09. The van der Waals surface area contributed by atoms with Crippen LogP contribution in [0.2, 0.25) is 0 Å². The first-order valence-electron chi connectivity index (χ1n) is 5.92. The molecule has 0 aliphatic carbocycles. The molecule has 0 saturated carbocycles. The van der Waals surface area contributed by atoms with Crippen molar-refractivity contribution in [3.63, 3.8) is 0 Å². The normalized spacial score (nSPS) is 10.8. The molecule has 1 N–H and O–H groups in total. The van der Waals surface area contributed by atoms with Gasteiger partial charge in [0.2, 0.25) is 0 Å². The molecule has 2 heterocycles. The summed E-state index contributed by atoms with van der Waals surface area (Å²) in [7, 11) is 0. The molecule has 6 heteroatoms. The van der Waals surface area contributed by atoms with E-state index in [1.807, 2.05) is 23.6 Å².